The van der Waals surface area contributed by atoms with Gasteiger partial charge in [-0.2, -0.15) is 0 Å². The molecule has 0 saturated carbocycles. The third-order valence-corrected chi connectivity index (χ3v) is 3.82. The van der Waals surface area contributed by atoms with E-state index in [0.717, 1.165) is 18.2 Å². The standard InChI is InChI=1S/C6H9NO6P2/c7-4-1-2-5(14(8,9)10)6(3-4)15(11,12)13/h1-3H,7H2,(H2,8,9,10)(H2,11,12,13). The molecular weight excluding hydrogens is 244 g/mol. The average molecular weight is 253 g/mol. The van der Waals surface area contributed by atoms with Crippen LogP contribution in [0, 0.1) is 0 Å². The molecule has 0 aliphatic heterocycles. The molecule has 15 heavy (non-hydrogen) atoms. The first-order chi connectivity index (χ1) is 6.62. The Morgan fingerprint density at radius 1 is 0.933 bits per heavy atom. The zero-order valence-corrected chi connectivity index (χ0v) is 9.10. The van der Waals surface area contributed by atoms with Crippen molar-refractivity contribution in [3.05, 3.63) is 18.2 Å². The van der Waals surface area contributed by atoms with E-state index in [1.807, 2.05) is 0 Å². The molecule has 0 aromatic heterocycles. The topological polar surface area (TPSA) is 141 Å². The Morgan fingerprint density at radius 3 is 1.80 bits per heavy atom. The lowest BCUT2D eigenvalue weighted by molar-refractivity contribution is 0.381. The predicted octanol–water partition coefficient (Wildman–Crippen LogP) is -1.13. The molecular formula is C6H9NO6P2. The van der Waals surface area contributed by atoms with Gasteiger partial charge in [-0.05, 0) is 18.2 Å². The zero-order valence-electron chi connectivity index (χ0n) is 7.31. The summed E-state index contributed by atoms with van der Waals surface area (Å²) in [5, 5.41) is -1.44. The Hall–Kier alpha value is -0.680. The van der Waals surface area contributed by atoms with Crippen LogP contribution in [0.25, 0.3) is 0 Å². The maximum absolute atomic E-state index is 10.9. The monoisotopic (exact) mass is 253 g/mol. The molecule has 0 fully saturated rings. The molecule has 0 heterocycles. The molecule has 0 amide bonds. The molecule has 1 aromatic rings. The molecule has 0 bridgehead atoms. The maximum Gasteiger partial charge on any atom is 0.357 e. The number of hydrogen-bond acceptors (Lipinski definition) is 3. The van der Waals surface area contributed by atoms with Crippen molar-refractivity contribution in [3.8, 4) is 0 Å². The minimum atomic E-state index is -4.75. The molecule has 1 rings (SSSR count). The van der Waals surface area contributed by atoms with Gasteiger partial charge in [-0.15, -0.1) is 0 Å². The second-order valence-electron chi connectivity index (χ2n) is 2.84. The molecule has 84 valence electrons. The molecule has 0 aliphatic carbocycles. The number of rotatable bonds is 2. The Labute approximate surface area is 84.9 Å². The first-order valence-electron chi connectivity index (χ1n) is 3.64. The molecule has 0 saturated heterocycles. The van der Waals surface area contributed by atoms with Crippen LogP contribution in [0.15, 0.2) is 18.2 Å². The summed E-state index contributed by atoms with van der Waals surface area (Å²) in [6.45, 7) is 0. The first kappa shape index (κ1) is 12.4. The highest BCUT2D eigenvalue weighted by Crippen LogP contribution is 2.40. The van der Waals surface area contributed by atoms with Gasteiger partial charge in [0.1, 0.15) is 0 Å². The predicted molar refractivity (Wildman–Crippen MR) is 54.2 cm³/mol. The van der Waals surface area contributed by atoms with E-state index < -0.39 is 25.8 Å². The van der Waals surface area contributed by atoms with Gasteiger partial charge < -0.3 is 25.3 Å². The first-order valence-corrected chi connectivity index (χ1v) is 6.86. The molecule has 0 aliphatic rings. The van der Waals surface area contributed by atoms with Gasteiger partial charge in [0.2, 0.25) is 0 Å². The van der Waals surface area contributed by atoms with E-state index in [1.54, 1.807) is 0 Å². The van der Waals surface area contributed by atoms with Gasteiger partial charge >= 0.3 is 15.2 Å². The molecule has 6 N–H and O–H groups in total. The van der Waals surface area contributed by atoms with E-state index in [1.165, 1.54) is 0 Å². The smallest absolute Gasteiger partial charge is 0.357 e. The lowest BCUT2D eigenvalue weighted by Gasteiger charge is -2.12. The van der Waals surface area contributed by atoms with Crippen molar-refractivity contribution < 1.29 is 28.7 Å². The van der Waals surface area contributed by atoms with Gasteiger partial charge in [0.05, 0.1) is 10.6 Å². The fourth-order valence-corrected chi connectivity index (χ4v) is 3.12. The molecule has 0 unspecified atom stereocenters. The summed E-state index contributed by atoms with van der Waals surface area (Å²) in [5.74, 6) is 0. The van der Waals surface area contributed by atoms with E-state index >= 15 is 0 Å². The van der Waals surface area contributed by atoms with Gasteiger partial charge in [0, 0.05) is 5.69 Å². The van der Waals surface area contributed by atoms with Crippen LogP contribution in [0.2, 0.25) is 0 Å². The van der Waals surface area contributed by atoms with Crippen molar-refractivity contribution >= 4 is 31.5 Å². The summed E-state index contributed by atoms with van der Waals surface area (Å²) in [7, 11) is -9.47. The van der Waals surface area contributed by atoms with E-state index in [9.17, 15) is 9.13 Å². The van der Waals surface area contributed by atoms with Gasteiger partial charge in [0.25, 0.3) is 0 Å². The van der Waals surface area contributed by atoms with Crippen molar-refractivity contribution in [1.29, 1.82) is 0 Å². The Bertz CT molecular complexity index is 475. The van der Waals surface area contributed by atoms with Crippen LogP contribution in [0.5, 0.6) is 0 Å². The Morgan fingerprint density at radius 2 is 1.40 bits per heavy atom. The van der Waals surface area contributed by atoms with Crippen LogP contribution in [0.4, 0.5) is 5.69 Å². The van der Waals surface area contributed by atoms with E-state index in [2.05, 4.69) is 0 Å². The number of nitrogens with two attached hydrogens (primary N) is 1. The van der Waals surface area contributed by atoms with E-state index in [0.29, 0.717) is 0 Å². The van der Waals surface area contributed by atoms with Crippen LogP contribution in [-0.2, 0) is 9.13 Å². The Balaban J connectivity index is 3.55. The van der Waals surface area contributed by atoms with Gasteiger partial charge in [0.15, 0.2) is 0 Å². The molecule has 0 spiro atoms. The summed E-state index contributed by atoms with van der Waals surface area (Å²) < 4.78 is 21.9. The summed E-state index contributed by atoms with van der Waals surface area (Å²) in [6, 6.07) is 2.92. The molecule has 9 heteroatoms. The maximum atomic E-state index is 10.9. The molecule has 0 atom stereocenters. The number of anilines is 1. The molecule has 1 aromatic carbocycles. The van der Waals surface area contributed by atoms with Gasteiger partial charge in [-0.3, -0.25) is 9.13 Å². The van der Waals surface area contributed by atoms with Crippen molar-refractivity contribution in [2.75, 3.05) is 5.73 Å². The van der Waals surface area contributed by atoms with E-state index in [-0.39, 0.29) is 5.69 Å². The highest BCUT2D eigenvalue weighted by atomic mass is 31.2. The lowest BCUT2D eigenvalue weighted by atomic mass is 10.3. The molecule has 0 radical (unpaired) electrons. The highest BCUT2D eigenvalue weighted by Gasteiger charge is 2.30. The minimum absolute atomic E-state index is 0.0190. The summed E-state index contributed by atoms with van der Waals surface area (Å²) >= 11 is 0. The zero-order chi connectivity index (χ0) is 11.9. The van der Waals surface area contributed by atoms with Crippen LogP contribution in [0.3, 0.4) is 0 Å². The fourth-order valence-electron chi connectivity index (χ4n) is 1.02. The SMILES string of the molecule is Nc1ccc(P(=O)(O)O)c(P(=O)(O)O)c1. The van der Waals surface area contributed by atoms with Gasteiger partial charge in [-0.25, -0.2) is 0 Å². The summed E-state index contributed by atoms with van der Waals surface area (Å²) in [6.07, 6.45) is 0. The second kappa shape index (κ2) is 3.72. The van der Waals surface area contributed by atoms with Crippen molar-refractivity contribution in [2.45, 2.75) is 0 Å². The average Bonchev–Trinajstić information content (AvgIpc) is 2.00. The van der Waals surface area contributed by atoms with Crippen molar-refractivity contribution in [3.63, 3.8) is 0 Å². The van der Waals surface area contributed by atoms with Crippen LogP contribution in [-0.4, -0.2) is 19.6 Å². The van der Waals surface area contributed by atoms with Crippen LogP contribution < -0.4 is 16.3 Å². The van der Waals surface area contributed by atoms with Crippen molar-refractivity contribution in [2.24, 2.45) is 0 Å². The number of hydrogen-bond donors (Lipinski definition) is 5. The fraction of sp³-hybridized carbons (Fsp3) is 0. The Kier molecular flexibility index (Phi) is 3.07. The van der Waals surface area contributed by atoms with E-state index in [4.69, 9.17) is 25.3 Å². The normalized spacial score (nSPS) is 12.8. The van der Waals surface area contributed by atoms with Crippen LogP contribution >= 0.6 is 15.2 Å². The van der Waals surface area contributed by atoms with Gasteiger partial charge in [-0.1, -0.05) is 0 Å². The number of nitrogen functional groups attached to an aromatic ring is 1. The lowest BCUT2D eigenvalue weighted by Crippen LogP contribution is -2.25. The third-order valence-electron chi connectivity index (χ3n) is 1.63. The summed E-state index contributed by atoms with van der Waals surface area (Å²) in [5.41, 5.74) is 5.29. The highest BCUT2D eigenvalue weighted by molar-refractivity contribution is 7.67. The largest absolute Gasteiger partial charge is 0.399 e. The minimum Gasteiger partial charge on any atom is -0.399 e. The van der Waals surface area contributed by atoms with Crippen LogP contribution in [0.1, 0.15) is 0 Å². The van der Waals surface area contributed by atoms with Crippen molar-refractivity contribution in [1.82, 2.24) is 0 Å². The molecule has 7 nitrogen and oxygen atoms in total. The second-order valence-corrected chi connectivity index (χ2v) is 5.98. The third kappa shape index (κ3) is 2.89. The quantitative estimate of drug-likeness (QED) is 0.332. The number of benzene rings is 1. The summed E-state index contributed by atoms with van der Waals surface area (Å²) in [4.78, 5) is 35.4.